The first-order chi connectivity index (χ1) is 8.63. The van der Waals surface area contributed by atoms with Crippen molar-refractivity contribution in [2.75, 3.05) is 25.0 Å². The smallest absolute Gasteiger partial charge is 0.322 e. The Bertz CT molecular complexity index is 450. The van der Waals surface area contributed by atoms with Crippen molar-refractivity contribution >= 4 is 23.3 Å². The number of benzene rings is 1. The minimum Gasteiger partial charge on any atom is -0.333 e. The Morgan fingerprint density at radius 1 is 1.56 bits per heavy atom. The average molecular weight is 268 g/mol. The van der Waals surface area contributed by atoms with Crippen molar-refractivity contribution < 1.29 is 4.79 Å². The van der Waals surface area contributed by atoms with Crippen LogP contribution >= 0.6 is 11.6 Å². The lowest BCUT2D eigenvalue weighted by molar-refractivity contribution is 0.250. The molecule has 4 nitrogen and oxygen atoms in total. The maximum atomic E-state index is 12.0. The van der Waals surface area contributed by atoms with Crippen LogP contribution in [0, 0.1) is 6.92 Å². The topological polar surface area (TPSA) is 44.4 Å². The van der Waals surface area contributed by atoms with Crippen LogP contribution in [0.3, 0.4) is 0 Å². The molecule has 0 saturated carbocycles. The summed E-state index contributed by atoms with van der Waals surface area (Å²) in [6, 6.07) is 5.80. The van der Waals surface area contributed by atoms with Gasteiger partial charge in [-0.1, -0.05) is 17.7 Å². The van der Waals surface area contributed by atoms with Gasteiger partial charge in [0.2, 0.25) is 0 Å². The molecule has 1 atom stereocenters. The normalized spacial score (nSPS) is 19.2. The summed E-state index contributed by atoms with van der Waals surface area (Å²) in [4.78, 5) is 13.7. The third-order valence-corrected chi connectivity index (χ3v) is 3.66. The van der Waals surface area contributed by atoms with E-state index in [-0.39, 0.29) is 12.1 Å². The fourth-order valence-corrected chi connectivity index (χ4v) is 2.35. The predicted molar refractivity (Wildman–Crippen MR) is 74.4 cm³/mol. The summed E-state index contributed by atoms with van der Waals surface area (Å²) in [5.41, 5.74) is 1.84. The molecule has 1 fully saturated rings. The number of amides is 2. The van der Waals surface area contributed by atoms with Gasteiger partial charge in [0, 0.05) is 23.3 Å². The Balaban J connectivity index is 2.14. The van der Waals surface area contributed by atoms with Crippen LogP contribution in [0.4, 0.5) is 10.5 Å². The van der Waals surface area contributed by atoms with E-state index in [9.17, 15) is 4.79 Å². The highest BCUT2D eigenvalue weighted by Gasteiger charge is 2.30. The third-order valence-electron chi connectivity index (χ3n) is 3.25. The van der Waals surface area contributed by atoms with E-state index in [1.165, 1.54) is 0 Å². The van der Waals surface area contributed by atoms with Gasteiger partial charge in [-0.25, -0.2) is 4.79 Å². The Labute approximate surface area is 112 Å². The van der Waals surface area contributed by atoms with Gasteiger partial charge < -0.3 is 10.6 Å². The van der Waals surface area contributed by atoms with Crippen LogP contribution in [0.15, 0.2) is 18.2 Å². The molecule has 0 radical (unpaired) electrons. The highest BCUT2D eigenvalue weighted by atomic mass is 35.5. The molecule has 1 aromatic carbocycles. The van der Waals surface area contributed by atoms with Crippen LogP contribution < -0.4 is 15.5 Å². The number of carbonyl (C=O) groups excluding carboxylic acids is 1. The third kappa shape index (κ3) is 2.60. The van der Waals surface area contributed by atoms with Crippen molar-refractivity contribution in [1.82, 2.24) is 10.6 Å². The van der Waals surface area contributed by atoms with Gasteiger partial charge >= 0.3 is 6.03 Å². The van der Waals surface area contributed by atoms with Crippen LogP contribution in [-0.2, 0) is 0 Å². The van der Waals surface area contributed by atoms with Gasteiger partial charge in [-0.2, -0.15) is 0 Å². The molecule has 0 aromatic heterocycles. The maximum absolute atomic E-state index is 12.0. The molecule has 1 aliphatic heterocycles. The maximum Gasteiger partial charge on any atom is 0.322 e. The largest absolute Gasteiger partial charge is 0.333 e. The zero-order valence-corrected chi connectivity index (χ0v) is 11.4. The van der Waals surface area contributed by atoms with Crippen molar-refractivity contribution in [1.29, 1.82) is 0 Å². The molecule has 2 rings (SSSR count). The van der Waals surface area contributed by atoms with Gasteiger partial charge in [-0.3, -0.25) is 4.90 Å². The second-order valence-corrected chi connectivity index (χ2v) is 4.94. The molecule has 18 heavy (non-hydrogen) atoms. The summed E-state index contributed by atoms with van der Waals surface area (Å²) in [7, 11) is 1.91. The molecule has 1 aromatic rings. The van der Waals surface area contributed by atoms with E-state index in [4.69, 9.17) is 11.6 Å². The van der Waals surface area contributed by atoms with Crippen molar-refractivity contribution in [3.8, 4) is 0 Å². The lowest BCUT2D eigenvalue weighted by Crippen LogP contribution is -2.30. The molecule has 2 amide bonds. The zero-order valence-electron chi connectivity index (χ0n) is 10.7. The molecule has 0 aliphatic carbocycles. The summed E-state index contributed by atoms with van der Waals surface area (Å²) >= 11 is 6.09. The Hall–Kier alpha value is -1.26. The number of anilines is 1. The standard InChI is InChI=1S/C13H18ClN3O/c1-9-11(14)4-3-5-12(9)17-8-10(6-7-15-2)16-13(17)18/h3-5,10,15H,6-8H2,1-2H3,(H,16,18). The number of nitrogens with one attached hydrogen (secondary N) is 2. The van der Waals surface area contributed by atoms with E-state index >= 15 is 0 Å². The molecule has 0 bridgehead atoms. The highest BCUT2D eigenvalue weighted by molar-refractivity contribution is 6.31. The summed E-state index contributed by atoms with van der Waals surface area (Å²) in [5.74, 6) is 0. The molecule has 2 N–H and O–H groups in total. The predicted octanol–water partition coefficient (Wildman–Crippen LogP) is 2.16. The summed E-state index contributed by atoms with van der Waals surface area (Å²) in [5, 5.41) is 6.77. The number of halogens is 1. The van der Waals surface area contributed by atoms with Gasteiger partial charge in [0.1, 0.15) is 0 Å². The minimum absolute atomic E-state index is 0.0403. The second kappa shape index (κ2) is 5.59. The SMILES string of the molecule is CNCCC1CN(c2cccc(Cl)c2C)C(=O)N1. The van der Waals surface area contributed by atoms with Gasteiger partial charge in [0.25, 0.3) is 0 Å². The second-order valence-electron chi connectivity index (χ2n) is 4.53. The first-order valence-electron chi connectivity index (χ1n) is 6.11. The number of carbonyl (C=O) groups is 1. The van der Waals surface area contributed by atoms with E-state index in [0.717, 1.165) is 24.2 Å². The monoisotopic (exact) mass is 267 g/mol. The number of hydrogen-bond acceptors (Lipinski definition) is 2. The number of rotatable bonds is 4. The van der Waals surface area contributed by atoms with E-state index in [1.54, 1.807) is 4.90 Å². The Morgan fingerprint density at radius 3 is 3.06 bits per heavy atom. The van der Waals surface area contributed by atoms with Gasteiger partial charge in [-0.05, 0) is 44.6 Å². The van der Waals surface area contributed by atoms with E-state index in [1.807, 2.05) is 32.2 Å². The van der Waals surface area contributed by atoms with Crippen LogP contribution in [0.25, 0.3) is 0 Å². The Morgan fingerprint density at radius 2 is 2.33 bits per heavy atom. The summed E-state index contributed by atoms with van der Waals surface area (Å²) in [6.45, 7) is 3.53. The fourth-order valence-electron chi connectivity index (χ4n) is 2.18. The minimum atomic E-state index is -0.0403. The molecular formula is C13H18ClN3O. The molecule has 1 saturated heterocycles. The molecular weight excluding hydrogens is 250 g/mol. The summed E-state index contributed by atoms with van der Waals surface area (Å²) < 4.78 is 0. The molecule has 98 valence electrons. The van der Waals surface area contributed by atoms with E-state index < -0.39 is 0 Å². The number of urea groups is 1. The van der Waals surface area contributed by atoms with E-state index in [2.05, 4.69) is 10.6 Å². The van der Waals surface area contributed by atoms with Crippen LogP contribution in [0.1, 0.15) is 12.0 Å². The van der Waals surface area contributed by atoms with E-state index in [0.29, 0.717) is 11.6 Å². The highest BCUT2D eigenvalue weighted by Crippen LogP contribution is 2.28. The molecule has 1 aliphatic rings. The van der Waals surface area contributed by atoms with Gasteiger partial charge in [0.15, 0.2) is 0 Å². The van der Waals surface area contributed by atoms with Crippen LogP contribution in [-0.4, -0.2) is 32.2 Å². The molecule has 0 spiro atoms. The lowest BCUT2D eigenvalue weighted by atomic mass is 10.1. The Kier molecular flexibility index (Phi) is 4.09. The molecule has 1 heterocycles. The molecule has 5 heteroatoms. The van der Waals surface area contributed by atoms with Gasteiger partial charge in [-0.15, -0.1) is 0 Å². The average Bonchev–Trinajstić information content (AvgIpc) is 2.71. The quantitative estimate of drug-likeness (QED) is 0.878. The first-order valence-corrected chi connectivity index (χ1v) is 6.49. The fraction of sp³-hybridized carbons (Fsp3) is 0.462. The van der Waals surface area contributed by atoms with Gasteiger partial charge in [0.05, 0.1) is 0 Å². The molecule has 1 unspecified atom stereocenters. The number of hydrogen-bond donors (Lipinski definition) is 2. The summed E-state index contributed by atoms with van der Waals surface area (Å²) in [6.07, 6.45) is 0.929. The lowest BCUT2D eigenvalue weighted by Gasteiger charge is -2.18. The van der Waals surface area contributed by atoms with Crippen molar-refractivity contribution in [3.63, 3.8) is 0 Å². The van der Waals surface area contributed by atoms with Crippen molar-refractivity contribution in [2.45, 2.75) is 19.4 Å². The first kappa shape index (κ1) is 13.2. The van der Waals surface area contributed by atoms with Crippen molar-refractivity contribution in [2.24, 2.45) is 0 Å². The van der Waals surface area contributed by atoms with Crippen LogP contribution in [0.2, 0.25) is 5.02 Å². The zero-order chi connectivity index (χ0) is 13.1. The van der Waals surface area contributed by atoms with Crippen LogP contribution in [0.5, 0.6) is 0 Å². The number of nitrogens with zero attached hydrogens (tertiary/aromatic N) is 1. The van der Waals surface area contributed by atoms with Crippen molar-refractivity contribution in [3.05, 3.63) is 28.8 Å².